The molecule has 0 aliphatic carbocycles. The molecule has 17 heavy (non-hydrogen) atoms. The van der Waals surface area contributed by atoms with E-state index in [-0.39, 0.29) is 0 Å². The molecule has 0 aromatic carbocycles. The number of hydrogen-bond donors (Lipinski definition) is 1. The zero-order valence-electron chi connectivity index (χ0n) is 10.9. The van der Waals surface area contributed by atoms with E-state index >= 15 is 0 Å². The Kier molecular flexibility index (Phi) is 7.01. The van der Waals surface area contributed by atoms with Gasteiger partial charge in [0.2, 0.25) is 0 Å². The average Bonchev–Trinajstić information content (AvgIpc) is 2.26. The first kappa shape index (κ1) is 14.3. The highest BCUT2D eigenvalue weighted by atomic mass is 32.2. The lowest BCUT2D eigenvalue weighted by molar-refractivity contribution is 0.627. The van der Waals surface area contributed by atoms with Crippen LogP contribution in [0, 0.1) is 6.92 Å². The van der Waals surface area contributed by atoms with Gasteiger partial charge < -0.3 is 5.73 Å². The second-order valence-corrected chi connectivity index (χ2v) is 5.40. The molecular weight excluding hydrogens is 230 g/mol. The molecule has 2 N–H and O–H groups in total. The van der Waals surface area contributed by atoms with Gasteiger partial charge in [0.05, 0.1) is 0 Å². The van der Waals surface area contributed by atoms with Gasteiger partial charge in [0, 0.05) is 17.5 Å². The Labute approximate surface area is 109 Å². The summed E-state index contributed by atoms with van der Waals surface area (Å²) in [6.07, 6.45) is 7.95. The van der Waals surface area contributed by atoms with Gasteiger partial charge >= 0.3 is 0 Å². The highest BCUT2D eigenvalue weighted by Gasteiger charge is 2.00. The Hall–Kier alpha value is -0.770. The van der Waals surface area contributed by atoms with E-state index in [9.17, 15) is 0 Å². The van der Waals surface area contributed by atoms with Crippen LogP contribution in [0.15, 0.2) is 11.2 Å². The van der Waals surface area contributed by atoms with Gasteiger partial charge in [0.15, 0.2) is 5.16 Å². The van der Waals surface area contributed by atoms with Gasteiger partial charge in [-0.2, -0.15) is 0 Å². The zero-order valence-corrected chi connectivity index (χ0v) is 11.7. The number of aryl methyl sites for hydroxylation is 1. The lowest BCUT2D eigenvalue weighted by Gasteiger charge is -2.03. The summed E-state index contributed by atoms with van der Waals surface area (Å²) in [7, 11) is 0. The van der Waals surface area contributed by atoms with Crippen molar-refractivity contribution in [1.29, 1.82) is 0 Å². The fraction of sp³-hybridized carbons (Fsp3) is 0.692. The number of nitrogen functional groups attached to an aromatic ring is 1. The van der Waals surface area contributed by atoms with Gasteiger partial charge in [0.25, 0.3) is 0 Å². The summed E-state index contributed by atoms with van der Waals surface area (Å²) in [5.74, 6) is 1.66. The zero-order chi connectivity index (χ0) is 12.5. The van der Waals surface area contributed by atoms with E-state index < -0.39 is 0 Å². The first-order chi connectivity index (χ1) is 8.22. The van der Waals surface area contributed by atoms with Crippen LogP contribution >= 0.6 is 11.8 Å². The van der Waals surface area contributed by atoms with E-state index in [2.05, 4.69) is 16.9 Å². The summed E-state index contributed by atoms with van der Waals surface area (Å²) < 4.78 is 0. The van der Waals surface area contributed by atoms with Crippen molar-refractivity contribution in [3.05, 3.63) is 11.8 Å². The number of nitrogens with two attached hydrogens (primary N) is 1. The van der Waals surface area contributed by atoms with Crippen molar-refractivity contribution in [2.24, 2.45) is 0 Å². The van der Waals surface area contributed by atoms with Crippen molar-refractivity contribution in [2.45, 2.75) is 57.5 Å². The van der Waals surface area contributed by atoms with E-state index in [0.717, 1.165) is 16.6 Å². The van der Waals surface area contributed by atoms with Gasteiger partial charge in [-0.1, -0.05) is 50.8 Å². The molecule has 1 heterocycles. The fourth-order valence-electron chi connectivity index (χ4n) is 1.68. The fourth-order valence-corrected chi connectivity index (χ4v) is 2.58. The van der Waals surface area contributed by atoms with Gasteiger partial charge in [0.1, 0.15) is 5.82 Å². The van der Waals surface area contributed by atoms with Crippen molar-refractivity contribution in [2.75, 3.05) is 11.5 Å². The number of rotatable bonds is 8. The maximum Gasteiger partial charge on any atom is 0.189 e. The predicted molar refractivity (Wildman–Crippen MR) is 75.3 cm³/mol. The Morgan fingerprint density at radius 3 is 2.53 bits per heavy atom. The quantitative estimate of drug-likeness (QED) is 0.435. The highest BCUT2D eigenvalue weighted by molar-refractivity contribution is 7.99. The van der Waals surface area contributed by atoms with Crippen LogP contribution in [0.5, 0.6) is 0 Å². The third kappa shape index (κ3) is 6.51. The molecule has 1 rings (SSSR count). The van der Waals surface area contributed by atoms with E-state index in [1.165, 1.54) is 38.5 Å². The third-order valence-corrected chi connectivity index (χ3v) is 3.52. The number of thioether (sulfide) groups is 1. The molecule has 0 aliphatic heterocycles. The van der Waals surface area contributed by atoms with E-state index in [0.29, 0.717) is 5.82 Å². The van der Waals surface area contributed by atoms with Crippen molar-refractivity contribution in [3.63, 3.8) is 0 Å². The van der Waals surface area contributed by atoms with Crippen molar-refractivity contribution >= 4 is 17.6 Å². The Morgan fingerprint density at radius 2 is 1.82 bits per heavy atom. The Bertz CT molecular complexity index is 308. The maximum absolute atomic E-state index is 5.68. The Morgan fingerprint density at radius 1 is 1.12 bits per heavy atom. The molecule has 1 aromatic heterocycles. The van der Waals surface area contributed by atoms with Gasteiger partial charge in [-0.25, -0.2) is 9.97 Å². The van der Waals surface area contributed by atoms with Crippen molar-refractivity contribution < 1.29 is 0 Å². The normalized spacial score (nSPS) is 10.7. The summed E-state index contributed by atoms with van der Waals surface area (Å²) in [6.45, 7) is 4.20. The van der Waals surface area contributed by atoms with E-state index in [4.69, 9.17) is 5.73 Å². The molecule has 0 atom stereocenters. The molecule has 4 heteroatoms. The van der Waals surface area contributed by atoms with Crippen LogP contribution in [0.3, 0.4) is 0 Å². The number of aromatic nitrogens is 2. The van der Waals surface area contributed by atoms with Crippen LogP contribution < -0.4 is 5.73 Å². The summed E-state index contributed by atoms with van der Waals surface area (Å²) in [5.41, 5.74) is 6.63. The van der Waals surface area contributed by atoms with Crippen LogP contribution in [0.25, 0.3) is 0 Å². The molecule has 0 unspecified atom stereocenters. The second-order valence-electron chi connectivity index (χ2n) is 4.33. The van der Waals surface area contributed by atoms with Gasteiger partial charge in [-0.05, 0) is 13.3 Å². The minimum absolute atomic E-state index is 0.572. The third-order valence-electron chi connectivity index (χ3n) is 2.58. The molecule has 0 bridgehead atoms. The molecule has 1 aromatic rings. The molecule has 0 aliphatic rings. The maximum atomic E-state index is 5.68. The minimum Gasteiger partial charge on any atom is -0.384 e. The van der Waals surface area contributed by atoms with Gasteiger partial charge in [-0.15, -0.1) is 0 Å². The SMILES string of the molecule is CCCCCCCCSc1nc(C)cc(N)n1. The first-order valence-corrected chi connectivity index (χ1v) is 7.45. The van der Waals surface area contributed by atoms with Crippen LogP contribution in [0.2, 0.25) is 0 Å². The van der Waals surface area contributed by atoms with Crippen molar-refractivity contribution in [1.82, 2.24) is 9.97 Å². The van der Waals surface area contributed by atoms with Crippen LogP contribution in [0.4, 0.5) is 5.82 Å². The predicted octanol–water partition coefficient (Wildman–Crippen LogP) is 3.82. The number of nitrogens with zero attached hydrogens (tertiary/aromatic N) is 2. The Balaban J connectivity index is 2.13. The molecule has 96 valence electrons. The minimum atomic E-state index is 0.572. The summed E-state index contributed by atoms with van der Waals surface area (Å²) >= 11 is 1.71. The summed E-state index contributed by atoms with van der Waals surface area (Å²) in [5, 5.41) is 0.816. The van der Waals surface area contributed by atoms with Crippen molar-refractivity contribution in [3.8, 4) is 0 Å². The monoisotopic (exact) mass is 253 g/mol. The molecule has 3 nitrogen and oxygen atoms in total. The molecule has 0 saturated carbocycles. The first-order valence-electron chi connectivity index (χ1n) is 6.46. The van der Waals surface area contributed by atoms with Crippen LogP contribution in [-0.2, 0) is 0 Å². The topological polar surface area (TPSA) is 51.8 Å². The summed E-state index contributed by atoms with van der Waals surface area (Å²) in [6, 6.07) is 1.80. The molecule has 0 amide bonds. The highest BCUT2D eigenvalue weighted by Crippen LogP contribution is 2.17. The molecule has 0 saturated heterocycles. The number of hydrogen-bond acceptors (Lipinski definition) is 4. The average molecular weight is 253 g/mol. The van der Waals surface area contributed by atoms with E-state index in [1.807, 2.05) is 6.92 Å². The smallest absolute Gasteiger partial charge is 0.189 e. The second kappa shape index (κ2) is 8.34. The molecule has 0 spiro atoms. The van der Waals surface area contributed by atoms with Gasteiger partial charge in [-0.3, -0.25) is 0 Å². The van der Waals surface area contributed by atoms with Crippen LogP contribution in [0.1, 0.15) is 51.1 Å². The molecular formula is C13H23N3S. The molecule has 0 radical (unpaired) electrons. The van der Waals surface area contributed by atoms with E-state index in [1.54, 1.807) is 17.8 Å². The lowest BCUT2D eigenvalue weighted by Crippen LogP contribution is -1.97. The lowest BCUT2D eigenvalue weighted by atomic mass is 10.1. The number of unbranched alkanes of at least 4 members (excludes halogenated alkanes) is 5. The summed E-state index contributed by atoms with van der Waals surface area (Å²) in [4.78, 5) is 8.56. The molecule has 0 fully saturated rings. The number of anilines is 1. The van der Waals surface area contributed by atoms with Crippen LogP contribution in [-0.4, -0.2) is 15.7 Å². The largest absolute Gasteiger partial charge is 0.384 e. The standard InChI is InChI=1S/C13H23N3S/c1-3-4-5-6-7-8-9-17-13-15-11(2)10-12(14)16-13/h10H,3-9H2,1-2H3,(H2,14,15,16).